The van der Waals surface area contributed by atoms with Gasteiger partial charge in [-0.15, -0.1) is 0 Å². The minimum atomic E-state index is -0.480. The number of aryl methyl sites for hydroxylation is 1. The predicted octanol–water partition coefficient (Wildman–Crippen LogP) is -0.339. The van der Waals surface area contributed by atoms with E-state index in [1.807, 2.05) is 7.05 Å². The molecule has 1 saturated heterocycles. The van der Waals surface area contributed by atoms with E-state index < -0.39 is 6.04 Å². The lowest BCUT2D eigenvalue weighted by molar-refractivity contribution is -0.126. The highest BCUT2D eigenvalue weighted by molar-refractivity contribution is 5.99. The molecule has 2 N–H and O–H groups in total. The van der Waals surface area contributed by atoms with E-state index in [4.69, 9.17) is 0 Å². The van der Waals surface area contributed by atoms with E-state index in [9.17, 15) is 9.59 Å². The third-order valence-corrected chi connectivity index (χ3v) is 4.53. The number of piperazine rings is 1. The third-order valence-electron chi connectivity index (χ3n) is 4.53. The normalized spacial score (nSPS) is 21.0. The second kappa shape index (κ2) is 5.86. The van der Waals surface area contributed by atoms with Crippen LogP contribution >= 0.6 is 0 Å². The Labute approximate surface area is 139 Å². The molecular formula is C16H20N6O2. The molecule has 2 amide bonds. The largest absolute Gasteiger partial charge is 0.352 e. The van der Waals surface area contributed by atoms with Crippen molar-refractivity contribution in [2.24, 2.45) is 7.05 Å². The van der Waals surface area contributed by atoms with E-state index >= 15 is 0 Å². The molecule has 1 saturated carbocycles. The van der Waals surface area contributed by atoms with Gasteiger partial charge in [-0.3, -0.25) is 9.59 Å². The Balaban J connectivity index is 1.58. The Morgan fingerprint density at radius 1 is 1.33 bits per heavy atom. The number of fused-ring (bicyclic) bond motifs is 1. The monoisotopic (exact) mass is 328 g/mol. The first-order valence-electron chi connectivity index (χ1n) is 8.22. The van der Waals surface area contributed by atoms with Crippen molar-refractivity contribution in [3.63, 3.8) is 0 Å². The Kier molecular flexibility index (Phi) is 3.68. The maximum absolute atomic E-state index is 12.9. The number of rotatable bonds is 3. The SMILES string of the molecule is Cn1cnc2cc(C(=O)N3CCNC[C@H]3C(=O)NC3CC3)cnc21. The van der Waals surface area contributed by atoms with Gasteiger partial charge >= 0.3 is 0 Å². The Hall–Kier alpha value is -2.48. The highest BCUT2D eigenvalue weighted by Gasteiger charge is 2.35. The van der Waals surface area contributed by atoms with Gasteiger partial charge in [0.2, 0.25) is 5.91 Å². The Bertz CT molecular complexity index is 797. The predicted molar refractivity (Wildman–Crippen MR) is 87.4 cm³/mol. The molecule has 8 nitrogen and oxygen atoms in total. The van der Waals surface area contributed by atoms with Gasteiger partial charge in [0.25, 0.3) is 5.91 Å². The topological polar surface area (TPSA) is 92.2 Å². The van der Waals surface area contributed by atoms with Gasteiger partial charge in [0, 0.05) is 38.9 Å². The lowest BCUT2D eigenvalue weighted by atomic mass is 10.1. The summed E-state index contributed by atoms with van der Waals surface area (Å²) in [5.74, 6) is -0.252. The van der Waals surface area contributed by atoms with Crippen molar-refractivity contribution in [1.29, 1.82) is 0 Å². The van der Waals surface area contributed by atoms with Crippen molar-refractivity contribution in [2.75, 3.05) is 19.6 Å². The number of nitrogens with one attached hydrogen (secondary N) is 2. The molecule has 8 heteroatoms. The number of carbonyl (C=O) groups excluding carboxylic acids is 2. The quantitative estimate of drug-likeness (QED) is 0.804. The maximum Gasteiger partial charge on any atom is 0.256 e. The number of hydrogen-bond donors (Lipinski definition) is 2. The number of pyridine rings is 1. The molecule has 24 heavy (non-hydrogen) atoms. The molecular weight excluding hydrogens is 308 g/mol. The van der Waals surface area contributed by atoms with Crippen LogP contribution in [0.5, 0.6) is 0 Å². The molecule has 0 radical (unpaired) electrons. The van der Waals surface area contributed by atoms with Crippen LogP contribution in [0.15, 0.2) is 18.6 Å². The molecule has 2 fully saturated rings. The first-order chi connectivity index (χ1) is 11.6. The average molecular weight is 328 g/mol. The lowest BCUT2D eigenvalue weighted by Crippen LogP contribution is -2.59. The van der Waals surface area contributed by atoms with Crippen molar-refractivity contribution < 1.29 is 9.59 Å². The summed E-state index contributed by atoms with van der Waals surface area (Å²) in [4.78, 5) is 35.6. The number of aromatic nitrogens is 3. The summed E-state index contributed by atoms with van der Waals surface area (Å²) >= 11 is 0. The van der Waals surface area contributed by atoms with Crippen LogP contribution < -0.4 is 10.6 Å². The summed E-state index contributed by atoms with van der Waals surface area (Å²) in [6.45, 7) is 1.66. The Morgan fingerprint density at radius 2 is 2.17 bits per heavy atom. The molecule has 1 aliphatic heterocycles. The molecule has 1 aliphatic carbocycles. The van der Waals surface area contributed by atoms with Gasteiger partial charge < -0.3 is 20.1 Å². The zero-order valence-electron chi connectivity index (χ0n) is 13.5. The maximum atomic E-state index is 12.9. The molecule has 2 aromatic rings. The van der Waals surface area contributed by atoms with Crippen molar-refractivity contribution in [2.45, 2.75) is 24.9 Å². The molecule has 0 spiro atoms. The molecule has 126 valence electrons. The van der Waals surface area contributed by atoms with Gasteiger partial charge in [0.1, 0.15) is 11.6 Å². The highest BCUT2D eigenvalue weighted by Crippen LogP contribution is 2.20. The van der Waals surface area contributed by atoms with E-state index in [-0.39, 0.29) is 17.9 Å². The van der Waals surface area contributed by atoms with E-state index in [1.165, 1.54) is 0 Å². The first-order valence-corrected chi connectivity index (χ1v) is 8.22. The van der Waals surface area contributed by atoms with Crippen molar-refractivity contribution in [1.82, 2.24) is 30.1 Å². The minimum Gasteiger partial charge on any atom is -0.352 e. The number of carbonyl (C=O) groups is 2. The van der Waals surface area contributed by atoms with E-state index in [0.29, 0.717) is 30.7 Å². The summed E-state index contributed by atoms with van der Waals surface area (Å²) in [6.07, 6.45) is 5.28. The standard InChI is InChI=1S/C16H20N6O2/c1-21-9-19-12-6-10(7-18-14(12)21)16(24)22-5-4-17-8-13(22)15(23)20-11-2-3-11/h6-7,9,11,13,17H,2-5,8H2,1H3,(H,20,23)/t13-/m0/s1. The Morgan fingerprint density at radius 3 is 2.96 bits per heavy atom. The fourth-order valence-electron chi connectivity index (χ4n) is 3.01. The number of amides is 2. The molecule has 0 bridgehead atoms. The molecule has 0 aromatic carbocycles. The summed E-state index contributed by atoms with van der Waals surface area (Å²) in [5, 5.41) is 6.18. The van der Waals surface area contributed by atoms with Crippen LogP contribution in [0.2, 0.25) is 0 Å². The molecule has 2 aliphatic rings. The molecule has 4 rings (SSSR count). The average Bonchev–Trinajstić information content (AvgIpc) is 3.35. The second-order valence-electron chi connectivity index (χ2n) is 6.42. The minimum absolute atomic E-state index is 0.0788. The fourth-order valence-corrected chi connectivity index (χ4v) is 3.01. The fraction of sp³-hybridized carbons (Fsp3) is 0.500. The molecule has 0 unspecified atom stereocenters. The van der Waals surface area contributed by atoms with Gasteiger partial charge in [-0.25, -0.2) is 9.97 Å². The highest BCUT2D eigenvalue weighted by atomic mass is 16.2. The van der Waals surface area contributed by atoms with Gasteiger partial charge in [-0.05, 0) is 18.9 Å². The van der Waals surface area contributed by atoms with Crippen LogP contribution in [0.4, 0.5) is 0 Å². The lowest BCUT2D eigenvalue weighted by Gasteiger charge is -2.35. The van der Waals surface area contributed by atoms with E-state index in [1.54, 1.807) is 28.1 Å². The van der Waals surface area contributed by atoms with Crippen LogP contribution in [0.1, 0.15) is 23.2 Å². The zero-order valence-corrected chi connectivity index (χ0v) is 13.5. The van der Waals surface area contributed by atoms with Crippen LogP contribution in [0, 0.1) is 0 Å². The van der Waals surface area contributed by atoms with Crippen LogP contribution in [0.25, 0.3) is 11.2 Å². The summed E-state index contributed by atoms with van der Waals surface area (Å²) in [6, 6.07) is 1.54. The van der Waals surface area contributed by atoms with E-state index in [2.05, 4.69) is 20.6 Å². The summed E-state index contributed by atoms with van der Waals surface area (Å²) < 4.78 is 1.81. The zero-order chi connectivity index (χ0) is 16.7. The summed E-state index contributed by atoms with van der Waals surface area (Å²) in [5.41, 5.74) is 1.87. The van der Waals surface area contributed by atoms with Gasteiger partial charge in [0.05, 0.1) is 11.9 Å². The molecule has 2 aromatic heterocycles. The van der Waals surface area contributed by atoms with Crippen LogP contribution in [-0.4, -0.2) is 63.0 Å². The molecule has 3 heterocycles. The van der Waals surface area contributed by atoms with Gasteiger partial charge in [0.15, 0.2) is 5.65 Å². The number of hydrogen-bond acceptors (Lipinski definition) is 5. The first kappa shape index (κ1) is 15.1. The number of nitrogens with zero attached hydrogens (tertiary/aromatic N) is 4. The van der Waals surface area contributed by atoms with Crippen molar-refractivity contribution in [3.8, 4) is 0 Å². The third kappa shape index (κ3) is 2.73. The van der Waals surface area contributed by atoms with Gasteiger partial charge in [-0.2, -0.15) is 0 Å². The van der Waals surface area contributed by atoms with E-state index in [0.717, 1.165) is 18.5 Å². The van der Waals surface area contributed by atoms with Gasteiger partial charge in [-0.1, -0.05) is 0 Å². The van der Waals surface area contributed by atoms with Crippen LogP contribution in [0.3, 0.4) is 0 Å². The van der Waals surface area contributed by atoms with Crippen molar-refractivity contribution in [3.05, 3.63) is 24.2 Å². The molecule has 1 atom stereocenters. The van der Waals surface area contributed by atoms with Crippen LogP contribution in [-0.2, 0) is 11.8 Å². The van der Waals surface area contributed by atoms with Crippen molar-refractivity contribution >= 4 is 23.0 Å². The second-order valence-corrected chi connectivity index (χ2v) is 6.42. The smallest absolute Gasteiger partial charge is 0.256 e. The number of imidazole rings is 1. The summed E-state index contributed by atoms with van der Waals surface area (Å²) in [7, 11) is 1.86.